The van der Waals surface area contributed by atoms with Gasteiger partial charge in [0.25, 0.3) is 0 Å². The van der Waals surface area contributed by atoms with Gasteiger partial charge in [-0.05, 0) is 110 Å². The van der Waals surface area contributed by atoms with Crippen LogP contribution in [0.3, 0.4) is 0 Å². The average Bonchev–Trinajstić information content (AvgIpc) is 4.07. The summed E-state index contributed by atoms with van der Waals surface area (Å²) < 4.78 is 5.14. The Labute approximate surface area is 371 Å². The average molecular weight is 813 g/mol. The predicted molar refractivity (Wildman–Crippen MR) is 264 cm³/mol. The van der Waals surface area contributed by atoms with Crippen LogP contribution in [0.1, 0.15) is 45.8 Å². The van der Waals surface area contributed by atoms with Crippen LogP contribution in [0.25, 0.3) is 71.6 Å². The standard InChI is InChI=1S/C62H40N2/c1-9-25-49-41(17-1)42-18-2-10-26-50(42)61(49)53-35-33-40(64-59-31-15-7-23-47(59)48-24-8-16-32-60(48)64)38-56(53)62(51-27-11-3-19-43(51)44-20-4-12-28-52(44)62)54-36-34-39(37-55(54)61)63-57-29-13-5-21-45(57)46-22-6-14-30-58(46)63/h1-37,40H,38H2. The smallest absolute Gasteiger partial charge is 0.0717 e. The Morgan fingerprint density at radius 3 is 1.27 bits per heavy atom. The lowest BCUT2D eigenvalue weighted by Gasteiger charge is -2.51. The molecule has 0 saturated heterocycles. The van der Waals surface area contributed by atoms with Crippen molar-refractivity contribution in [3.63, 3.8) is 0 Å². The molecule has 1 unspecified atom stereocenters. The summed E-state index contributed by atoms with van der Waals surface area (Å²) in [5.74, 6) is 0. The van der Waals surface area contributed by atoms with E-state index >= 15 is 0 Å². The molecular weight excluding hydrogens is 773 g/mol. The number of allylic oxidation sites excluding steroid dienone is 4. The number of hydrogen-bond acceptors (Lipinski definition) is 0. The minimum Gasteiger partial charge on any atom is -0.333 e. The lowest BCUT2D eigenvalue weighted by molar-refractivity contribution is 0.529. The fraction of sp³-hybridized carbons (Fsp3) is 0.0645. The first kappa shape index (κ1) is 34.6. The van der Waals surface area contributed by atoms with Gasteiger partial charge in [-0.15, -0.1) is 0 Å². The second kappa shape index (κ2) is 12.4. The zero-order valence-corrected chi connectivity index (χ0v) is 35.0. The number of rotatable bonds is 2. The van der Waals surface area contributed by atoms with E-state index in [0.29, 0.717) is 0 Å². The van der Waals surface area contributed by atoms with E-state index < -0.39 is 10.8 Å². The molecule has 2 spiro atoms. The van der Waals surface area contributed by atoms with Crippen molar-refractivity contribution in [2.45, 2.75) is 23.3 Å². The Hall–Kier alpha value is -7.94. The summed E-state index contributed by atoms with van der Waals surface area (Å²) in [5.41, 5.74) is 21.4. The zero-order chi connectivity index (χ0) is 41.7. The Balaban J connectivity index is 1.11. The van der Waals surface area contributed by atoms with E-state index in [1.807, 2.05) is 0 Å². The van der Waals surface area contributed by atoms with Crippen molar-refractivity contribution in [2.75, 3.05) is 0 Å². The van der Waals surface area contributed by atoms with Crippen molar-refractivity contribution < 1.29 is 0 Å². The van der Waals surface area contributed by atoms with E-state index in [2.05, 4.69) is 234 Å². The number of fused-ring (bicyclic) bond motifs is 21. The van der Waals surface area contributed by atoms with E-state index in [-0.39, 0.29) is 6.04 Å². The molecule has 1 atom stereocenters. The van der Waals surface area contributed by atoms with Crippen molar-refractivity contribution in [1.29, 1.82) is 0 Å². The van der Waals surface area contributed by atoms with Gasteiger partial charge in [0, 0.05) is 38.3 Å². The second-order valence-corrected chi connectivity index (χ2v) is 18.2. The van der Waals surface area contributed by atoms with E-state index in [1.54, 1.807) is 0 Å². The number of benzene rings is 9. The lowest BCUT2D eigenvalue weighted by atomic mass is 9.50. The molecule has 2 aromatic heterocycles. The molecule has 2 heteroatoms. The minimum atomic E-state index is -0.577. The maximum Gasteiger partial charge on any atom is 0.0717 e. The van der Waals surface area contributed by atoms with Crippen molar-refractivity contribution in [1.82, 2.24) is 9.13 Å². The van der Waals surface area contributed by atoms with E-state index in [1.165, 1.54) is 116 Å². The first-order valence-corrected chi connectivity index (χ1v) is 22.7. The van der Waals surface area contributed by atoms with E-state index in [0.717, 1.165) is 6.42 Å². The molecular formula is C62H40N2. The first-order chi connectivity index (χ1) is 31.8. The number of para-hydroxylation sites is 4. The third kappa shape index (κ3) is 4.04. The van der Waals surface area contributed by atoms with Crippen LogP contribution in [-0.4, -0.2) is 9.13 Å². The van der Waals surface area contributed by atoms with E-state index in [4.69, 9.17) is 0 Å². The molecule has 0 N–H and O–H groups in total. The number of nitrogens with zero attached hydrogens (tertiary/aromatic N) is 2. The molecule has 0 amide bonds. The Morgan fingerprint density at radius 1 is 0.359 bits per heavy atom. The molecule has 0 radical (unpaired) electrons. The van der Waals surface area contributed by atoms with Gasteiger partial charge < -0.3 is 9.13 Å². The molecule has 0 bridgehead atoms. The summed E-state index contributed by atoms with van der Waals surface area (Å²) in [7, 11) is 0. The van der Waals surface area contributed by atoms with Crippen LogP contribution in [0, 0.1) is 0 Å². The van der Waals surface area contributed by atoms with Crippen LogP contribution >= 0.6 is 0 Å². The Morgan fingerprint density at radius 2 is 0.766 bits per heavy atom. The summed E-state index contributed by atoms with van der Waals surface area (Å²) in [6.07, 6.45) is 5.98. The van der Waals surface area contributed by atoms with Gasteiger partial charge in [-0.3, -0.25) is 0 Å². The minimum absolute atomic E-state index is 0.0858. The molecule has 4 aliphatic rings. The third-order valence-electron chi connectivity index (χ3n) is 15.6. The van der Waals surface area contributed by atoms with E-state index in [9.17, 15) is 0 Å². The van der Waals surface area contributed by atoms with Crippen molar-refractivity contribution in [3.05, 3.63) is 269 Å². The second-order valence-electron chi connectivity index (χ2n) is 18.2. The highest BCUT2D eigenvalue weighted by Crippen LogP contribution is 2.69. The van der Waals surface area contributed by atoms with Gasteiger partial charge in [0.15, 0.2) is 0 Å². The van der Waals surface area contributed by atoms with Gasteiger partial charge in [-0.2, -0.15) is 0 Å². The van der Waals surface area contributed by atoms with Gasteiger partial charge in [0.2, 0.25) is 0 Å². The van der Waals surface area contributed by atoms with Crippen LogP contribution in [0.2, 0.25) is 0 Å². The summed E-state index contributed by atoms with van der Waals surface area (Å²) in [6, 6.07) is 80.6. The molecule has 0 saturated carbocycles. The molecule has 11 aromatic rings. The normalized spacial score (nSPS) is 17.0. The molecule has 15 rings (SSSR count). The highest BCUT2D eigenvalue weighted by Gasteiger charge is 2.60. The lowest BCUT2D eigenvalue weighted by Crippen LogP contribution is -2.45. The highest BCUT2D eigenvalue weighted by molar-refractivity contribution is 6.10. The van der Waals surface area contributed by atoms with Crippen molar-refractivity contribution in [3.8, 4) is 27.9 Å². The molecule has 9 aromatic carbocycles. The maximum absolute atomic E-state index is 2.63. The van der Waals surface area contributed by atoms with Gasteiger partial charge in [0.05, 0.1) is 27.9 Å². The van der Waals surface area contributed by atoms with Crippen LogP contribution < -0.4 is 0 Å². The molecule has 4 aliphatic carbocycles. The maximum atomic E-state index is 2.63. The molecule has 64 heavy (non-hydrogen) atoms. The molecule has 0 fully saturated rings. The zero-order valence-electron chi connectivity index (χ0n) is 35.0. The first-order valence-electron chi connectivity index (χ1n) is 22.7. The quantitative estimate of drug-likeness (QED) is 0.165. The van der Waals surface area contributed by atoms with Gasteiger partial charge in [0.1, 0.15) is 0 Å². The monoisotopic (exact) mass is 812 g/mol. The Bertz CT molecular complexity index is 3710. The summed E-state index contributed by atoms with van der Waals surface area (Å²) in [5, 5.41) is 5.15. The van der Waals surface area contributed by atoms with Gasteiger partial charge in [-0.1, -0.05) is 188 Å². The molecule has 0 aliphatic heterocycles. The topological polar surface area (TPSA) is 9.86 Å². The summed E-state index contributed by atoms with van der Waals surface area (Å²) in [4.78, 5) is 0. The van der Waals surface area contributed by atoms with Crippen LogP contribution in [0.15, 0.2) is 236 Å². The Kier molecular flexibility index (Phi) is 6.69. The number of hydrogen-bond donors (Lipinski definition) is 0. The van der Waals surface area contributed by atoms with Crippen molar-refractivity contribution >= 4 is 43.6 Å². The van der Waals surface area contributed by atoms with Crippen LogP contribution in [0.5, 0.6) is 0 Å². The fourth-order valence-electron chi connectivity index (χ4n) is 13.4. The summed E-state index contributed by atoms with van der Waals surface area (Å²) in [6.45, 7) is 0. The molecule has 298 valence electrons. The molecule has 2 heterocycles. The highest BCUT2D eigenvalue weighted by atomic mass is 15.0. The molecule has 2 nitrogen and oxygen atoms in total. The van der Waals surface area contributed by atoms with Gasteiger partial charge in [-0.25, -0.2) is 0 Å². The van der Waals surface area contributed by atoms with Crippen molar-refractivity contribution in [2.24, 2.45) is 0 Å². The fourth-order valence-corrected chi connectivity index (χ4v) is 13.4. The predicted octanol–water partition coefficient (Wildman–Crippen LogP) is 15.0. The van der Waals surface area contributed by atoms with Crippen LogP contribution in [0.4, 0.5) is 0 Å². The summed E-state index contributed by atoms with van der Waals surface area (Å²) >= 11 is 0. The SMILES string of the molecule is C1=CC(n2c3ccccc3c3ccccc32)CC2=C1C1(c3ccccc3-c3ccccc31)c1cc(-n3c4ccccc4c4ccccc43)ccc1C21c2ccccc2-c2ccccc21. The number of aromatic nitrogens is 2. The largest absolute Gasteiger partial charge is 0.333 e. The van der Waals surface area contributed by atoms with Crippen LogP contribution in [-0.2, 0) is 10.8 Å². The third-order valence-corrected chi connectivity index (χ3v) is 15.6. The van der Waals surface area contributed by atoms with Gasteiger partial charge >= 0.3 is 0 Å².